The fraction of sp³-hybridized carbons (Fsp3) is 0.0714. The Hall–Kier alpha value is -2.40. The largest absolute Gasteiger partial charge is 0.591 e. The van der Waals surface area contributed by atoms with Crippen LogP contribution in [-0.4, -0.2) is 10.8 Å². The van der Waals surface area contributed by atoms with E-state index in [1.54, 1.807) is 43.6 Å². The van der Waals surface area contributed by atoms with Crippen LogP contribution in [0.2, 0.25) is 5.02 Å². The summed E-state index contributed by atoms with van der Waals surface area (Å²) >= 11 is 5.73. The Balaban J connectivity index is 2.24. The Morgan fingerprint density at radius 1 is 1.25 bits per heavy atom. The zero-order valence-corrected chi connectivity index (χ0v) is 11.5. The minimum atomic E-state index is -0.733. The molecule has 102 valence electrons. The second kappa shape index (κ2) is 6.16. The molecule has 20 heavy (non-hydrogen) atoms. The Morgan fingerprint density at radius 2 is 1.85 bits per heavy atom. The number of azo groups is 1. The molecule has 0 saturated heterocycles. The molecule has 1 aliphatic heterocycles. The molecule has 2 rings (SSSR count). The summed E-state index contributed by atoms with van der Waals surface area (Å²) in [5.74, 6) is -0.733. The van der Waals surface area contributed by atoms with Gasteiger partial charge in [-0.3, -0.25) is 0 Å². The number of amides is 1. The summed E-state index contributed by atoms with van der Waals surface area (Å²) in [5.41, 5.74) is 1.45. The molecule has 6 heteroatoms. The molecule has 1 aromatic rings. The van der Waals surface area contributed by atoms with Crippen LogP contribution in [0.5, 0.6) is 0 Å². The highest BCUT2D eigenvalue weighted by atomic mass is 35.5. The molecule has 0 unspecified atom stereocenters. The Bertz CT molecular complexity index is 629. The van der Waals surface area contributed by atoms with Crippen LogP contribution in [0.15, 0.2) is 65.2 Å². The summed E-state index contributed by atoms with van der Waals surface area (Å²) in [6.45, 7) is 1.66. The standard InChI is InChI=1S/C14H12ClN3O2/c1-10(11-6-8-16-9-7-11)17-18(20)14(19)12-2-4-13(15)5-3-12/h2-9,16H,1H3. The summed E-state index contributed by atoms with van der Waals surface area (Å²) in [6, 6.07) is 6.06. The second-order valence-electron chi connectivity index (χ2n) is 4.06. The number of rotatable bonds is 2. The van der Waals surface area contributed by atoms with Crippen molar-refractivity contribution >= 4 is 17.5 Å². The van der Waals surface area contributed by atoms with E-state index in [9.17, 15) is 10.0 Å². The van der Waals surface area contributed by atoms with Crippen molar-refractivity contribution in [1.82, 2.24) is 5.32 Å². The molecule has 0 fully saturated rings. The van der Waals surface area contributed by atoms with E-state index in [4.69, 9.17) is 11.6 Å². The second-order valence-corrected chi connectivity index (χ2v) is 4.50. The third-order valence-corrected chi connectivity index (χ3v) is 2.89. The number of carbonyl (C=O) groups is 1. The highest BCUT2D eigenvalue weighted by molar-refractivity contribution is 6.30. The molecule has 0 aliphatic carbocycles. The molecule has 0 aromatic heterocycles. The number of hydrogen-bond donors (Lipinski definition) is 1. The van der Waals surface area contributed by atoms with Gasteiger partial charge < -0.3 is 10.5 Å². The molecule has 0 radical (unpaired) electrons. The van der Waals surface area contributed by atoms with Gasteiger partial charge in [0.2, 0.25) is 0 Å². The lowest BCUT2D eigenvalue weighted by molar-refractivity contribution is -0.426. The lowest BCUT2D eigenvalue weighted by atomic mass is 10.2. The topological polar surface area (TPSA) is 67.5 Å². The van der Waals surface area contributed by atoms with Crippen molar-refractivity contribution in [1.29, 1.82) is 0 Å². The monoisotopic (exact) mass is 289 g/mol. The van der Waals surface area contributed by atoms with Crippen molar-refractivity contribution in [2.45, 2.75) is 6.92 Å². The van der Waals surface area contributed by atoms with E-state index in [0.29, 0.717) is 10.7 Å². The molecule has 1 amide bonds. The normalized spacial score (nSPS) is 14.1. The Labute approximate surface area is 121 Å². The summed E-state index contributed by atoms with van der Waals surface area (Å²) in [6.07, 6.45) is 6.95. The first-order valence-electron chi connectivity index (χ1n) is 5.87. The minimum Gasteiger partial charge on any atom is -0.591 e. The lowest BCUT2D eigenvalue weighted by Gasteiger charge is -2.03. The molecule has 1 aromatic carbocycles. The van der Waals surface area contributed by atoms with Gasteiger partial charge in [0.1, 0.15) is 5.70 Å². The van der Waals surface area contributed by atoms with E-state index in [0.717, 1.165) is 5.57 Å². The van der Waals surface area contributed by atoms with Crippen LogP contribution in [0.3, 0.4) is 0 Å². The van der Waals surface area contributed by atoms with Crippen LogP contribution >= 0.6 is 11.6 Å². The van der Waals surface area contributed by atoms with Crippen molar-refractivity contribution in [2.24, 2.45) is 5.11 Å². The van der Waals surface area contributed by atoms with Crippen molar-refractivity contribution in [3.05, 3.63) is 75.9 Å². The SMILES string of the molecule is CC(N=[N+]([O-])C(=O)c1ccc(Cl)cc1)=C1C=CNC=C1. The lowest BCUT2D eigenvalue weighted by Crippen LogP contribution is -2.13. The van der Waals surface area contributed by atoms with Crippen LogP contribution in [0.25, 0.3) is 0 Å². The van der Waals surface area contributed by atoms with E-state index in [1.807, 2.05) is 0 Å². The number of hydrogen-bond acceptors (Lipinski definition) is 4. The van der Waals surface area contributed by atoms with Gasteiger partial charge in [0, 0.05) is 28.1 Å². The molecule has 0 atom stereocenters. The van der Waals surface area contributed by atoms with Gasteiger partial charge in [0.15, 0.2) is 0 Å². The first kappa shape index (κ1) is 14.0. The highest BCUT2D eigenvalue weighted by Crippen LogP contribution is 2.13. The Morgan fingerprint density at radius 3 is 2.45 bits per heavy atom. The van der Waals surface area contributed by atoms with Gasteiger partial charge in [0.25, 0.3) is 0 Å². The van der Waals surface area contributed by atoms with E-state index in [-0.39, 0.29) is 10.4 Å². The maximum absolute atomic E-state index is 11.9. The molecule has 0 saturated carbocycles. The molecular weight excluding hydrogens is 278 g/mol. The number of nitrogens with zero attached hydrogens (tertiary/aromatic N) is 2. The number of nitrogens with one attached hydrogen (secondary N) is 1. The number of carbonyl (C=O) groups excluding carboxylic acids is 1. The smallest absolute Gasteiger partial charge is 0.456 e. The van der Waals surface area contributed by atoms with Crippen LogP contribution in [0.1, 0.15) is 17.3 Å². The quantitative estimate of drug-likeness (QED) is 0.516. The highest BCUT2D eigenvalue weighted by Gasteiger charge is 2.17. The van der Waals surface area contributed by atoms with E-state index in [2.05, 4.69) is 10.4 Å². The molecule has 1 aliphatic rings. The van der Waals surface area contributed by atoms with E-state index < -0.39 is 5.91 Å². The maximum Gasteiger partial charge on any atom is 0.456 e. The summed E-state index contributed by atoms with van der Waals surface area (Å²) in [5, 5.41) is 18.9. The fourth-order valence-corrected chi connectivity index (χ4v) is 1.70. The number of benzene rings is 1. The van der Waals surface area contributed by atoms with Crippen molar-refractivity contribution in [2.75, 3.05) is 0 Å². The summed E-state index contributed by atoms with van der Waals surface area (Å²) in [4.78, 5) is 12.0. The van der Waals surface area contributed by atoms with Crippen LogP contribution in [-0.2, 0) is 0 Å². The predicted octanol–water partition coefficient (Wildman–Crippen LogP) is 3.35. The summed E-state index contributed by atoms with van der Waals surface area (Å²) in [7, 11) is 0. The first-order valence-corrected chi connectivity index (χ1v) is 6.24. The van der Waals surface area contributed by atoms with Crippen molar-refractivity contribution in [3.8, 4) is 0 Å². The average molecular weight is 290 g/mol. The van der Waals surface area contributed by atoms with Gasteiger partial charge in [-0.25, -0.2) is 4.79 Å². The molecule has 1 heterocycles. The zero-order chi connectivity index (χ0) is 14.5. The van der Waals surface area contributed by atoms with Gasteiger partial charge in [-0.15, -0.1) is 0 Å². The molecule has 0 bridgehead atoms. The minimum absolute atomic E-state index is 0.0787. The summed E-state index contributed by atoms with van der Waals surface area (Å²) < 4.78 is 0. The zero-order valence-electron chi connectivity index (χ0n) is 10.7. The van der Waals surface area contributed by atoms with Crippen molar-refractivity contribution < 1.29 is 9.66 Å². The van der Waals surface area contributed by atoms with E-state index >= 15 is 0 Å². The van der Waals surface area contributed by atoms with Gasteiger partial charge in [-0.2, -0.15) is 0 Å². The third-order valence-electron chi connectivity index (χ3n) is 2.64. The van der Waals surface area contributed by atoms with Gasteiger partial charge in [-0.05, 0) is 48.2 Å². The number of allylic oxidation sites excluding steroid dienone is 4. The fourth-order valence-electron chi connectivity index (χ4n) is 1.57. The molecule has 0 spiro atoms. The first-order chi connectivity index (χ1) is 9.58. The van der Waals surface area contributed by atoms with Crippen molar-refractivity contribution in [3.63, 3.8) is 0 Å². The average Bonchev–Trinajstić information content (AvgIpc) is 2.48. The van der Waals surface area contributed by atoms with Crippen LogP contribution in [0.4, 0.5) is 0 Å². The van der Waals surface area contributed by atoms with Gasteiger partial charge in [-0.1, -0.05) is 11.6 Å². The Kier molecular flexibility index (Phi) is 4.32. The molecular formula is C14H12ClN3O2. The van der Waals surface area contributed by atoms with Gasteiger partial charge in [0.05, 0.1) is 5.56 Å². The molecule has 5 nitrogen and oxygen atoms in total. The van der Waals surface area contributed by atoms with Crippen LogP contribution < -0.4 is 5.32 Å². The number of halogens is 1. The van der Waals surface area contributed by atoms with Crippen LogP contribution in [0, 0.1) is 5.21 Å². The van der Waals surface area contributed by atoms with Gasteiger partial charge >= 0.3 is 5.91 Å². The molecule has 1 N–H and O–H groups in total. The van der Waals surface area contributed by atoms with E-state index in [1.165, 1.54) is 12.1 Å². The number of hydroxylamine groups is 1. The number of dihydropyridines is 1. The third kappa shape index (κ3) is 3.33. The maximum atomic E-state index is 11.9. The predicted molar refractivity (Wildman–Crippen MR) is 76.0 cm³/mol.